The van der Waals surface area contributed by atoms with E-state index in [0.717, 1.165) is 0 Å². The number of hydrogen-bond acceptors (Lipinski definition) is 5. The molecule has 0 aliphatic carbocycles. The average Bonchev–Trinajstić information content (AvgIpc) is 3.11. The van der Waals surface area contributed by atoms with Gasteiger partial charge in [0.05, 0.1) is 5.75 Å². The molecule has 152 valence electrons. The number of thioether (sulfide) groups is 1. The van der Waals surface area contributed by atoms with Crippen molar-refractivity contribution >= 4 is 35.0 Å². The van der Waals surface area contributed by atoms with Crippen LogP contribution in [0.1, 0.15) is 25.8 Å². The molecule has 0 radical (unpaired) electrons. The minimum absolute atomic E-state index is 0.152. The van der Waals surface area contributed by atoms with Crippen molar-refractivity contribution in [3.05, 3.63) is 65.2 Å². The number of carbonyl (C=O) groups excluding carboxylic acids is 1. The van der Waals surface area contributed by atoms with Crippen LogP contribution >= 0.6 is 23.4 Å². The van der Waals surface area contributed by atoms with Gasteiger partial charge in [-0.25, -0.2) is 4.39 Å². The van der Waals surface area contributed by atoms with Crippen molar-refractivity contribution in [2.24, 2.45) is 0 Å². The summed E-state index contributed by atoms with van der Waals surface area (Å²) < 4.78 is 20.8. The molecule has 6 nitrogen and oxygen atoms in total. The van der Waals surface area contributed by atoms with E-state index in [2.05, 4.69) is 15.5 Å². The smallest absolute Gasteiger partial charge is 0.234 e. The maximum absolute atomic E-state index is 13.0. The van der Waals surface area contributed by atoms with E-state index in [1.165, 1.54) is 36.0 Å². The van der Waals surface area contributed by atoms with Gasteiger partial charge in [0, 0.05) is 17.3 Å². The van der Waals surface area contributed by atoms with Crippen LogP contribution < -0.4 is 10.1 Å². The Hall–Kier alpha value is -2.58. The quantitative estimate of drug-likeness (QED) is 0.507. The first-order valence-corrected chi connectivity index (χ1v) is 10.4. The fourth-order valence-corrected chi connectivity index (χ4v) is 3.65. The fraction of sp³-hybridized carbons (Fsp3) is 0.250. The number of carbonyl (C=O) groups is 1. The van der Waals surface area contributed by atoms with Crippen LogP contribution in [0.5, 0.6) is 5.75 Å². The molecule has 0 spiro atoms. The normalized spacial score (nSPS) is 11.9. The van der Waals surface area contributed by atoms with Crippen molar-refractivity contribution in [1.29, 1.82) is 0 Å². The van der Waals surface area contributed by atoms with Gasteiger partial charge in [-0.05, 0) is 56.3 Å². The zero-order valence-corrected chi connectivity index (χ0v) is 17.5. The molecule has 29 heavy (non-hydrogen) atoms. The Kier molecular flexibility index (Phi) is 7.11. The number of halogens is 2. The molecule has 9 heteroatoms. The van der Waals surface area contributed by atoms with Crippen LogP contribution in [0.3, 0.4) is 0 Å². The summed E-state index contributed by atoms with van der Waals surface area (Å²) in [6.07, 6.45) is -0.344. The average molecular weight is 435 g/mol. The largest absolute Gasteiger partial charge is 0.483 e. The van der Waals surface area contributed by atoms with Crippen LogP contribution in [0, 0.1) is 5.82 Å². The number of ether oxygens (including phenoxy) is 1. The van der Waals surface area contributed by atoms with Gasteiger partial charge in [0.1, 0.15) is 11.6 Å². The molecular formula is C20H20ClFN4O2S. The number of hydrogen-bond donors (Lipinski definition) is 1. The van der Waals surface area contributed by atoms with Gasteiger partial charge in [0.25, 0.3) is 0 Å². The molecule has 0 aliphatic heterocycles. The van der Waals surface area contributed by atoms with Gasteiger partial charge in [-0.15, -0.1) is 10.2 Å². The Bertz CT molecular complexity index is 981. The fourth-order valence-electron chi connectivity index (χ4n) is 2.66. The maximum Gasteiger partial charge on any atom is 0.234 e. The molecule has 3 aromatic rings. The molecule has 0 saturated carbocycles. The Balaban J connectivity index is 1.62. The van der Waals surface area contributed by atoms with E-state index in [1.807, 2.05) is 30.5 Å². The molecule has 0 saturated heterocycles. The first kappa shape index (κ1) is 21.1. The van der Waals surface area contributed by atoms with Gasteiger partial charge >= 0.3 is 0 Å². The number of anilines is 1. The molecule has 3 rings (SSSR count). The summed E-state index contributed by atoms with van der Waals surface area (Å²) in [5, 5.41) is 12.4. The van der Waals surface area contributed by atoms with Crippen molar-refractivity contribution in [3.63, 3.8) is 0 Å². The second-order valence-electron chi connectivity index (χ2n) is 6.15. The van der Waals surface area contributed by atoms with Crippen LogP contribution in [-0.2, 0) is 11.3 Å². The molecule has 1 heterocycles. The first-order valence-electron chi connectivity index (χ1n) is 8.99. The van der Waals surface area contributed by atoms with Crippen molar-refractivity contribution in [1.82, 2.24) is 14.8 Å². The second-order valence-corrected chi connectivity index (χ2v) is 7.53. The molecule has 1 N–H and O–H groups in total. The van der Waals surface area contributed by atoms with Gasteiger partial charge in [-0.3, -0.25) is 4.79 Å². The summed E-state index contributed by atoms with van der Waals surface area (Å²) in [6, 6.07) is 12.8. The van der Waals surface area contributed by atoms with Crippen LogP contribution in [0.15, 0.2) is 53.7 Å². The van der Waals surface area contributed by atoms with E-state index in [1.54, 1.807) is 12.1 Å². The molecule has 2 aromatic carbocycles. The number of aromatic nitrogens is 3. The van der Waals surface area contributed by atoms with Crippen LogP contribution in [0.4, 0.5) is 10.1 Å². The van der Waals surface area contributed by atoms with Crippen LogP contribution in [0.25, 0.3) is 0 Å². The first-order chi connectivity index (χ1) is 14.0. The lowest BCUT2D eigenvalue weighted by molar-refractivity contribution is -0.113. The summed E-state index contributed by atoms with van der Waals surface area (Å²) in [7, 11) is 0. The summed E-state index contributed by atoms with van der Waals surface area (Å²) in [5.41, 5.74) is 0.540. The van der Waals surface area contributed by atoms with Crippen molar-refractivity contribution in [2.75, 3.05) is 11.1 Å². The van der Waals surface area contributed by atoms with Crippen molar-refractivity contribution in [3.8, 4) is 5.75 Å². The summed E-state index contributed by atoms with van der Waals surface area (Å²) in [4.78, 5) is 12.2. The summed E-state index contributed by atoms with van der Waals surface area (Å²) >= 11 is 7.28. The van der Waals surface area contributed by atoms with Gasteiger partial charge in [-0.1, -0.05) is 29.4 Å². The highest BCUT2D eigenvalue weighted by Crippen LogP contribution is 2.26. The molecule has 1 aromatic heterocycles. The Morgan fingerprint density at radius 3 is 2.72 bits per heavy atom. The third-order valence-electron chi connectivity index (χ3n) is 3.99. The van der Waals surface area contributed by atoms with Crippen LogP contribution in [-0.4, -0.2) is 26.4 Å². The molecule has 1 amide bonds. The lowest BCUT2D eigenvalue weighted by Gasteiger charge is -2.15. The Labute approximate surface area is 177 Å². The number of nitrogens with zero attached hydrogens (tertiary/aromatic N) is 3. The third kappa shape index (κ3) is 5.71. The Morgan fingerprint density at radius 1 is 1.28 bits per heavy atom. The minimum Gasteiger partial charge on any atom is -0.483 e. The minimum atomic E-state index is -0.352. The van der Waals surface area contributed by atoms with Crippen LogP contribution in [0.2, 0.25) is 5.02 Å². The highest BCUT2D eigenvalue weighted by atomic mass is 35.5. The topological polar surface area (TPSA) is 69.0 Å². The number of nitrogens with one attached hydrogen (secondary N) is 1. The molecule has 1 unspecified atom stereocenters. The van der Waals surface area contributed by atoms with E-state index in [0.29, 0.717) is 34.0 Å². The predicted octanol–water partition coefficient (Wildman–Crippen LogP) is 4.96. The van der Waals surface area contributed by atoms with E-state index in [4.69, 9.17) is 16.3 Å². The molecular weight excluding hydrogens is 415 g/mol. The monoisotopic (exact) mass is 434 g/mol. The molecule has 0 fully saturated rings. The predicted molar refractivity (Wildman–Crippen MR) is 112 cm³/mol. The van der Waals surface area contributed by atoms with E-state index in [9.17, 15) is 9.18 Å². The maximum atomic E-state index is 13.0. The van der Waals surface area contributed by atoms with Crippen molar-refractivity contribution in [2.45, 2.75) is 31.7 Å². The Morgan fingerprint density at radius 2 is 2.03 bits per heavy atom. The lowest BCUT2D eigenvalue weighted by atomic mass is 10.3. The lowest BCUT2D eigenvalue weighted by Crippen LogP contribution is -2.15. The van der Waals surface area contributed by atoms with Gasteiger partial charge < -0.3 is 14.6 Å². The SMILES string of the molecule is CCn1c(SCC(=O)Nc2ccc(F)cc2)nnc1C(C)Oc1cccc(Cl)c1. The van der Waals surface area contributed by atoms with E-state index >= 15 is 0 Å². The number of benzene rings is 2. The second kappa shape index (κ2) is 9.76. The highest BCUT2D eigenvalue weighted by Gasteiger charge is 2.19. The summed E-state index contributed by atoms with van der Waals surface area (Å²) in [5.74, 6) is 0.892. The molecule has 1 atom stereocenters. The zero-order valence-electron chi connectivity index (χ0n) is 15.9. The number of amides is 1. The van der Waals surface area contributed by atoms with Crippen molar-refractivity contribution < 1.29 is 13.9 Å². The number of rotatable bonds is 8. The van der Waals surface area contributed by atoms with E-state index < -0.39 is 0 Å². The molecule has 0 aliphatic rings. The molecule has 0 bridgehead atoms. The van der Waals surface area contributed by atoms with Gasteiger partial charge in [0.15, 0.2) is 17.1 Å². The van der Waals surface area contributed by atoms with Gasteiger partial charge in [-0.2, -0.15) is 0 Å². The zero-order chi connectivity index (χ0) is 20.8. The highest BCUT2D eigenvalue weighted by molar-refractivity contribution is 7.99. The summed E-state index contributed by atoms with van der Waals surface area (Å²) in [6.45, 7) is 4.49. The van der Waals surface area contributed by atoms with E-state index in [-0.39, 0.29) is 23.6 Å². The standard InChI is InChI=1S/C20H20ClFN4O2S/c1-3-26-19(13(2)28-17-6-4-5-14(21)11-17)24-25-20(26)29-12-18(27)23-16-9-7-15(22)8-10-16/h4-11,13H,3,12H2,1-2H3,(H,23,27). The third-order valence-corrected chi connectivity index (χ3v) is 5.20. The van der Waals surface area contributed by atoms with Gasteiger partial charge in [0.2, 0.25) is 5.91 Å².